The van der Waals surface area contributed by atoms with Gasteiger partial charge in [-0.25, -0.2) is 5.10 Å². The van der Waals surface area contributed by atoms with Gasteiger partial charge in [-0.05, 0) is 12.1 Å². The molecule has 2 heterocycles. The lowest BCUT2D eigenvalue weighted by atomic mass is 10.1. The molecule has 128 valence electrons. The van der Waals surface area contributed by atoms with E-state index in [4.69, 9.17) is 0 Å². The molecule has 2 aromatic carbocycles. The molecule has 1 amide bonds. The minimum Gasteiger partial charge on any atom is -0.360 e. The van der Waals surface area contributed by atoms with Gasteiger partial charge in [0.25, 0.3) is 17.2 Å². The van der Waals surface area contributed by atoms with Gasteiger partial charge in [-0.15, -0.1) is 0 Å². The summed E-state index contributed by atoms with van der Waals surface area (Å²) >= 11 is 0. The van der Waals surface area contributed by atoms with Crippen molar-refractivity contribution in [2.75, 3.05) is 0 Å². The molecule has 2 aromatic heterocycles. The van der Waals surface area contributed by atoms with Crippen LogP contribution in [-0.2, 0) is 11.3 Å². The summed E-state index contributed by atoms with van der Waals surface area (Å²) in [5, 5.41) is 10.8. The number of hydrogen-bond donors (Lipinski definition) is 3. The van der Waals surface area contributed by atoms with Gasteiger partial charge in [-0.2, -0.15) is 5.10 Å². The van der Waals surface area contributed by atoms with Gasteiger partial charge < -0.3 is 10.3 Å². The lowest BCUT2D eigenvalue weighted by Gasteiger charge is -2.06. The number of ketones is 1. The quantitative estimate of drug-likeness (QED) is 0.387. The van der Waals surface area contributed by atoms with Crippen LogP contribution in [0.15, 0.2) is 59.5 Å². The smallest absolute Gasteiger partial charge is 0.292 e. The van der Waals surface area contributed by atoms with E-state index >= 15 is 0 Å². The normalized spacial score (nSPS) is 10.9. The van der Waals surface area contributed by atoms with Gasteiger partial charge in [0.2, 0.25) is 0 Å². The second-order valence-electron chi connectivity index (χ2n) is 5.80. The monoisotopic (exact) mass is 346 g/mol. The maximum atomic E-state index is 12.4. The molecule has 0 spiro atoms. The lowest BCUT2D eigenvalue weighted by Crippen LogP contribution is -2.31. The van der Waals surface area contributed by atoms with Crippen molar-refractivity contribution in [1.29, 1.82) is 0 Å². The first kappa shape index (κ1) is 15.8. The van der Waals surface area contributed by atoms with Gasteiger partial charge >= 0.3 is 0 Å². The van der Waals surface area contributed by atoms with E-state index in [1.807, 2.05) is 12.1 Å². The Kier molecular flexibility index (Phi) is 3.81. The summed E-state index contributed by atoms with van der Waals surface area (Å²) in [5.41, 5.74) is 1.29. The van der Waals surface area contributed by atoms with E-state index in [2.05, 4.69) is 20.5 Å². The summed E-state index contributed by atoms with van der Waals surface area (Å²) in [4.78, 5) is 39.5. The highest BCUT2D eigenvalue weighted by Gasteiger charge is 2.20. The number of nitrogens with one attached hydrogen (secondary N) is 3. The molecule has 4 rings (SSSR count). The molecular weight excluding hydrogens is 332 g/mol. The molecule has 7 nitrogen and oxygen atoms in total. The topological polar surface area (TPSA) is 108 Å². The predicted octanol–water partition coefficient (Wildman–Crippen LogP) is 1.90. The maximum absolute atomic E-state index is 12.4. The summed E-state index contributed by atoms with van der Waals surface area (Å²) < 4.78 is 0. The second kappa shape index (κ2) is 6.29. The molecule has 0 radical (unpaired) electrons. The van der Waals surface area contributed by atoms with E-state index in [9.17, 15) is 14.4 Å². The third-order valence-corrected chi connectivity index (χ3v) is 4.23. The minimum absolute atomic E-state index is 0.0320. The Hall–Kier alpha value is -3.74. The van der Waals surface area contributed by atoms with Crippen LogP contribution >= 0.6 is 0 Å². The van der Waals surface area contributed by atoms with Crippen LogP contribution in [0.25, 0.3) is 21.7 Å². The summed E-state index contributed by atoms with van der Waals surface area (Å²) in [6.07, 6.45) is 1.53. The van der Waals surface area contributed by atoms with Gasteiger partial charge in [-0.1, -0.05) is 36.4 Å². The van der Waals surface area contributed by atoms with Crippen LogP contribution in [0.4, 0.5) is 0 Å². The molecule has 4 aromatic rings. The molecule has 0 bridgehead atoms. The molecule has 26 heavy (non-hydrogen) atoms. The fourth-order valence-corrected chi connectivity index (χ4v) is 2.93. The van der Waals surface area contributed by atoms with E-state index in [-0.39, 0.29) is 12.1 Å². The number of aromatic amines is 2. The van der Waals surface area contributed by atoms with Gasteiger partial charge in [0.05, 0.1) is 23.2 Å². The molecule has 0 saturated heterocycles. The average molecular weight is 346 g/mol. The number of nitrogens with zero attached hydrogens (tertiary/aromatic N) is 1. The van der Waals surface area contributed by atoms with Crippen molar-refractivity contribution in [2.45, 2.75) is 6.54 Å². The number of fused-ring (bicyclic) bond motifs is 2. The number of hydrogen-bond acceptors (Lipinski definition) is 4. The summed E-state index contributed by atoms with van der Waals surface area (Å²) in [7, 11) is 0. The van der Waals surface area contributed by atoms with Gasteiger partial charge in [0, 0.05) is 22.5 Å². The van der Waals surface area contributed by atoms with E-state index in [1.165, 1.54) is 6.20 Å². The zero-order chi connectivity index (χ0) is 18.1. The lowest BCUT2D eigenvalue weighted by molar-refractivity contribution is -0.117. The van der Waals surface area contributed by atoms with Crippen molar-refractivity contribution in [3.8, 4) is 0 Å². The van der Waals surface area contributed by atoms with Crippen LogP contribution in [-0.4, -0.2) is 26.9 Å². The highest BCUT2D eigenvalue weighted by atomic mass is 16.2. The number of H-pyrrole nitrogens is 2. The Labute approximate surface area is 147 Å². The molecule has 0 fully saturated rings. The van der Waals surface area contributed by atoms with Crippen LogP contribution in [0.5, 0.6) is 0 Å². The number of Topliss-reactive ketones (excluding diaryl/α,β-unsaturated/α-hetero) is 1. The van der Waals surface area contributed by atoms with Gasteiger partial charge in [-0.3, -0.25) is 14.4 Å². The number of carbonyl (C=O) groups excluding carboxylic acids is 2. The Morgan fingerprint density at radius 2 is 1.65 bits per heavy atom. The molecule has 0 aliphatic heterocycles. The van der Waals surface area contributed by atoms with Crippen molar-refractivity contribution >= 4 is 33.4 Å². The van der Waals surface area contributed by atoms with Crippen LogP contribution in [0.2, 0.25) is 0 Å². The highest BCUT2D eigenvalue weighted by molar-refractivity contribution is 6.44. The van der Waals surface area contributed by atoms with Crippen molar-refractivity contribution in [2.24, 2.45) is 0 Å². The Morgan fingerprint density at radius 3 is 2.46 bits per heavy atom. The van der Waals surface area contributed by atoms with Gasteiger partial charge in [0.1, 0.15) is 0 Å². The number of para-hydroxylation sites is 1. The molecule has 7 heteroatoms. The number of aromatic nitrogens is 3. The highest BCUT2D eigenvalue weighted by Crippen LogP contribution is 2.18. The van der Waals surface area contributed by atoms with Crippen molar-refractivity contribution < 1.29 is 9.59 Å². The largest absolute Gasteiger partial charge is 0.360 e. The Balaban J connectivity index is 1.57. The second-order valence-corrected chi connectivity index (χ2v) is 5.80. The molecule has 0 unspecified atom stereocenters. The van der Waals surface area contributed by atoms with Gasteiger partial charge in [0.15, 0.2) is 0 Å². The molecule has 0 aliphatic rings. The average Bonchev–Trinajstić information content (AvgIpc) is 3.11. The Morgan fingerprint density at radius 1 is 0.962 bits per heavy atom. The SMILES string of the molecule is O=C(NCc1n[nH]c(=O)c2ccccc12)C(=O)c1c[nH]c2ccccc12. The Bertz CT molecular complexity index is 1210. The standard InChI is InChI=1S/C19H14N4O3/c24-17(14-9-20-15-8-4-3-6-12(14)15)19(26)21-10-16-11-5-1-2-7-13(11)18(25)23-22-16/h1-9,20H,10H2,(H,21,26)(H,23,25). The summed E-state index contributed by atoms with van der Waals surface area (Å²) in [6.45, 7) is 0.0320. The molecule has 0 saturated carbocycles. The zero-order valence-electron chi connectivity index (χ0n) is 13.6. The predicted molar refractivity (Wildman–Crippen MR) is 96.8 cm³/mol. The van der Waals surface area contributed by atoms with Crippen LogP contribution in [0.1, 0.15) is 16.1 Å². The van der Waals surface area contributed by atoms with E-state index in [0.29, 0.717) is 27.4 Å². The van der Waals surface area contributed by atoms with Crippen molar-refractivity contribution in [1.82, 2.24) is 20.5 Å². The van der Waals surface area contributed by atoms with Crippen LogP contribution in [0, 0.1) is 0 Å². The molecule has 0 atom stereocenters. The van der Waals surface area contributed by atoms with Crippen molar-refractivity contribution in [3.05, 3.63) is 76.3 Å². The number of carbonyl (C=O) groups is 2. The fraction of sp³-hybridized carbons (Fsp3) is 0.0526. The first-order valence-corrected chi connectivity index (χ1v) is 8.00. The third-order valence-electron chi connectivity index (χ3n) is 4.23. The van der Waals surface area contributed by atoms with E-state index in [1.54, 1.807) is 36.4 Å². The fourth-order valence-electron chi connectivity index (χ4n) is 2.93. The zero-order valence-corrected chi connectivity index (χ0v) is 13.6. The number of rotatable bonds is 4. The third kappa shape index (κ3) is 2.65. The summed E-state index contributed by atoms with van der Waals surface area (Å²) in [6, 6.07) is 14.2. The summed E-state index contributed by atoms with van der Waals surface area (Å²) in [5.74, 6) is -1.36. The minimum atomic E-state index is -0.730. The molecular formula is C19H14N4O3. The van der Waals surface area contributed by atoms with E-state index in [0.717, 1.165) is 5.52 Å². The molecule has 3 N–H and O–H groups in total. The maximum Gasteiger partial charge on any atom is 0.292 e. The first-order valence-electron chi connectivity index (χ1n) is 8.00. The first-order chi connectivity index (χ1) is 12.6. The number of amides is 1. The van der Waals surface area contributed by atoms with Crippen LogP contribution in [0.3, 0.4) is 0 Å². The van der Waals surface area contributed by atoms with Crippen molar-refractivity contribution in [3.63, 3.8) is 0 Å². The molecule has 0 aliphatic carbocycles. The number of benzene rings is 2. The van der Waals surface area contributed by atoms with Crippen LogP contribution < -0.4 is 10.9 Å². The van der Waals surface area contributed by atoms with E-state index < -0.39 is 11.7 Å².